The summed E-state index contributed by atoms with van der Waals surface area (Å²) < 4.78 is 43.8. The SMILES string of the molecule is [2H]c1c([2H])c([2H])c2c(c1[2H])c1ccc(Oc3[c-]c(N4[CH-]N(c5c(-c6cccc(-c7ccccc7)c6)cccc5-c5ccc6c(c5)C(C)(C)CCC6(C)C)c5ccccc54)ccc3)[c-]c1n2-c1cc(C(C)(C)C)ccn1.[Pt]. The molecule has 0 saturated heterocycles. The number of nitrogens with zero attached hydrogens (tertiary/aromatic N) is 4. The molecule has 1 aliphatic carbocycles. The molecule has 0 spiro atoms. The largest absolute Gasteiger partial charge is 0.509 e. The molecule has 8 aromatic carbocycles. The van der Waals surface area contributed by atoms with Gasteiger partial charge in [-0.1, -0.05) is 169 Å². The molecule has 0 fully saturated rings. The smallest absolute Gasteiger partial charge is 0.135 e. The van der Waals surface area contributed by atoms with E-state index in [9.17, 15) is 0 Å². The summed E-state index contributed by atoms with van der Waals surface area (Å²) in [5, 5.41) is 1.01. The number of para-hydroxylation sites is 4. The van der Waals surface area contributed by atoms with Gasteiger partial charge in [-0.15, -0.1) is 48.1 Å². The minimum atomic E-state index is -0.311. The van der Waals surface area contributed by atoms with Crippen molar-refractivity contribution >= 4 is 44.6 Å². The average Bonchev–Trinajstić information content (AvgIpc) is 4.02. The zero-order valence-electron chi connectivity index (χ0n) is 45.6. The Morgan fingerprint density at radius 3 is 2.03 bits per heavy atom. The van der Waals surface area contributed by atoms with Gasteiger partial charge in [0, 0.05) is 72.5 Å². The summed E-state index contributed by atoms with van der Waals surface area (Å²) in [5.74, 6) is 1.38. The second kappa shape index (κ2) is 18.1. The van der Waals surface area contributed by atoms with Gasteiger partial charge in [-0.3, -0.25) is 0 Å². The number of hydrogen-bond donors (Lipinski definition) is 0. The van der Waals surface area contributed by atoms with Crippen molar-refractivity contribution in [2.24, 2.45) is 0 Å². The van der Waals surface area contributed by atoms with Gasteiger partial charge >= 0.3 is 0 Å². The molecule has 360 valence electrons. The second-order valence-electron chi connectivity index (χ2n) is 21.3. The van der Waals surface area contributed by atoms with Gasteiger partial charge in [0.25, 0.3) is 0 Å². The third-order valence-electron chi connectivity index (χ3n) is 14.7. The Morgan fingerprint density at radius 2 is 1.25 bits per heavy atom. The Kier molecular flexibility index (Phi) is 10.7. The molecule has 5 nitrogen and oxygen atoms in total. The standard InChI is InChI=1S/C66H57N4O.Pt/c1-64(2,3)48-34-37-67-62(40-48)70-58-27-12-11-24-54(58)55-32-31-51(42-61(55)70)71-50-23-16-22-49(41-50)68-43-69(60-29-14-13-28-59(60)68)63-52(46-21-15-20-45(38-46)44-18-9-8-10-19-44)25-17-26-53(63)47-30-33-56-57(39-47)66(6,7)36-35-65(56,4)5;/h8-34,37-40,43H,35-36H2,1-7H3;/q-3;/i11D,12D,24D,27D;. The minimum Gasteiger partial charge on any atom is -0.509 e. The number of anilines is 4. The van der Waals surface area contributed by atoms with Crippen LogP contribution in [0.5, 0.6) is 11.5 Å². The molecule has 0 bridgehead atoms. The number of ether oxygens (including phenoxy) is 1. The van der Waals surface area contributed by atoms with E-state index in [0.29, 0.717) is 39.1 Å². The van der Waals surface area contributed by atoms with Gasteiger partial charge in [0.15, 0.2) is 0 Å². The van der Waals surface area contributed by atoms with E-state index in [2.05, 4.69) is 192 Å². The van der Waals surface area contributed by atoms with Crippen LogP contribution in [-0.4, -0.2) is 9.55 Å². The van der Waals surface area contributed by atoms with Crippen LogP contribution in [0.25, 0.3) is 61.0 Å². The molecule has 0 amide bonds. The van der Waals surface area contributed by atoms with Crippen molar-refractivity contribution in [2.45, 2.75) is 77.6 Å². The zero-order valence-corrected chi connectivity index (χ0v) is 43.9. The third-order valence-corrected chi connectivity index (χ3v) is 14.7. The predicted octanol–water partition coefficient (Wildman–Crippen LogP) is 17.6. The van der Waals surface area contributed by atoms with Crippen molar-refractivity contribution in [3.05, 3.63) is 224 Å². The van der Waals surface area contributed by atoms with Gasteiger partial charge in [-0.05, 0) is 110 Å². The molecule has 72 heavy (non-hydrogen) atoms. The van der Waals surface area contributed by atoms with Crippen molar-refractivity contribution < 1.29 is 31.3 Å². The van der Waals surface area contributed by atoms with Crippen LogP contribution in [0, 0.1) is 18.8 Å². The van der Waals surface area contributed by atoms with Crippen LogP contribution in [0.3, 0.4) is 0 Å². The fourth-order valence-corrected chi connectivity index (χ4v) is 10.7. The maximum absolute atomic E-state index is 9.10. The van der Waals surface area contributed by atoms with E-state index in [1.807, 2.05) is 36.4 Å². The van der Waals surface area contributed by atoms with Crippen molar-refractivity contribution in [3.8, 4) is 50.7 Å². The summed E-state index contributed by atoms with van der Waals surface area (Å²) in [7, 11) is 0. The molecule has 0 atom stereocenters. The van der Waals surface area contributed by atoms with Crippen LogP contribution in [0.2, 0.25) is 0 Å². The number of fused-ring (bicyclic) bond motifs is 5. The Hall–Kier alpha value is -7.20. The first-order chi connectivity index (χ1) is 36.0. The molecule has 3 heterocycles. The topological polar surface area (TPSA) is 33.5 Å². The molecular formula is C66H57N4OPt-3. The van der Waals surface area contributed by atoms with Gasteiger partial charge in [-0.25, -0.2) is 4.98 Å². The van der Waals surface area contributed by atoms with E-state index < -0.39 is 0 Å². The van der Waals surface area contributed by atoms with Gasteiger partial charge in [-0.2, -0.15) is 12.1 Å². The minimum absolute atomic E-state index is 0. The first-order valence-corrected chi connectivity index (χ1v) is 24.6. The number of aromatic nitrogens is 2. The summed E-state index contributed by atoms with van der Waals surface area (Å²) in [4.78, 5) is 9.26. The molecule has 6 heteroatoms. The van der Waals surface area contributed by atoms with E-state index >= 15 is 0 Å². The van der Waals surface area contributed by atoms with Crippen LogP contribution in [0.1, 0.15) is 83.5 Å². The fourth-order valence-electron chi connectivity index (χ4n) is 10.7. The summed E-state index contributed by atoms with van der Waals surface area (Å²) in [5.41, 5.74) is 15.3. The van der Waals surface area contributed by atoms with Crippen molar-refractivity contribution in [1.82, 2.24) is 9.55 Å². The maximum atomic E-state index is 9.10. The van der Waals surface area contributed by atoms with E-state index in [1.165, 1.54) is 16.7 Å². The molecule has 0 radical (unpaired) electrons. The van der Waals surface area contributed by atoms with E-state index in [-0.39, 0.29) is 61.5 Å². The maximum Gasteiger partial charge on any atom is 0.135 e. The van der Waals surface area contributed by atoms with Crippen LogP contribution in [0.4, 0.5) is 22.7 Å². The number of hydrogen-bond acceptors (Lipinski definition) is 4. The van der Waals surface area contributed by atoms with Gasteiger partial charge in [0.05, 0.1) is 5.48 Å². The van der Waals surface area contributed by atoms with E-state index in [1.54, 1.807) is 16.8 Å². The van der Waals surface area contributed by atoms with Gasteiger partial charge < -0.3 is 19.1 Å². The Balaban J connectivity index is 0.00000616. The Bertz CT molecular complexity index is 3920. The number of benzene rings is 8. The predicted molar refractivity (Wildman–Crippen MR) is 295 cm³/mol. The van der Waals surface area contributed by atoms with Crippen LogP contribution in [0.15, 0.2) is 188 Å². The number of rotatable bonds is 8. The van der Waals surface area contributed by atoms with E-state index in [0.717, 1.165) is 69.0 Å². The molecule has 2 aliphatic rings. The number of pyridine rings is 1. The average molecular weight is 1120 g/mol. The van der Waals surface area contributed by atoms with Crippen LogP contribution in [-0.2, 0) is 37.3 Å². The summed E-state index contributed by atoms with van der Waals surface area (Å²) in [6.45, 7) is 18.1. The molecule has 2 aromatic heterocycles. The van der Waals surface area contributed by atoms with E-state index in [4.69, 9.17) is 15.2 Å². The van der Waals surface area contributed by atoms with Gasteiger partial charge in [0.1, 0.15) is 5.82 Å². The fraction of sp³-hybridized carbons (Fsp3) is 0.182. The second-order valence-corrected chi connectivity index (χ2v) is 21.3. The molecule has 1 aliphatic heterocycles. The quantitative estimate of drug-likeness (QED) is 0.142. The first kappa shape index (κ1) is 42.5. The molecule has 12 rings (SSSR count). The van der Waals surface area contributed by atoms with Crippen molar-refractivity contribution in [2.75, 3.05) is 9.80 Å². The molecule has 10 aromatic rings. The van der Waals surface area contributed by atoms with Crippen LogP contribution >= 0.6 is 0 Å². The molecular weight excluding hydrogens is 1060 g/mol. The molecule has 0 unspecified atom stereocenters. The van der Waals surface area contributed by atoms with Gasteiger partial charge in [0.2, 0.25) is 0 Å². The Morgan fingerprint density at radius 1 is 0.597 bits per heavy atom. The monoisotopic (exact) mass is 1120 g/mol. The van der Waals surface area contributed by atoms with Crippen molar-refractivity contribution in [1.29, 1.82) is 0 Å². The third kappa shape index (κ3) is 8.32. The first-order valence-electron chi connectivity index (χ1n) is 26.6. The molecule has 0 N–H and O–H groups in total. The van der Waals surface area contributed by atoms with Crippen LogP contribution < -0.4 is 14.5 Å². The Labute approximate surface area is 444 Å². The zero-order chi connectivity index (χ0) is 52.1. The normalized spacial score (nSPS) is 15.5. The summed E-state index contributed by atoms with van der Waals surface area (Å²) in [6, 6.07) is 61.4. The van der Waals surface area contributed by atoms with Crippen molar-refractivity contribution in [3.63, 3.8) is 0 Å². The summed E-state index contributed by atoms with van der Waals surface area (Å²) in [6.07, 6.45) is 4.02. The summed E-state index contributed by atoms with van der Waals surface area (Å²) >= 11 is 0. The molecule has 0 saturated carbocycles.